The Labute approximate surface area is 201 Å². The lowest BCUT2D eigenvalue weighted by atomic mass is 10.1. The number of carbonyl (C=O) groups is 1. The fraction of sp³-hybridized carbons (Fsp3) is 0.833. The molecule has 0 saturated carbocycles. The lowest BCUT2D eigenvalue weighted by Gasteiger charge is -2.02. The van der Waals surface area contributed by atoms with Crippen LogP contribution in [0.2, 0.25) is 0 Å². The number of unbranched alkanes of at least 4 members (excludes halogenated alkanes) is 18. The molecule has 0 aliphatic carbocycles. The molecule has 2 nitrogen and oxygen atoms in total. The summed E-state index contributed by atoms with van der Waals surface area (Å²) in [6.45, 7) is 4.65. The van der Waals surface area contributed by atoms with Gasteiger partial charge in [0, 0.05) is 6.42 Å². The Morgan fingerprint density at radius 2 is 0.844 bits per heavy atom. The van der Waals surface area contributed by atoms with Crippen molar-refractivity contribution in [1.29, 1.82) is 0 Å². The van der Waals surface area contributed by atoms with Crippen LogP contribution in [0.4, 0.5) is 0 Å². The van der Waals surface area contributed by atoms with E-state index in [2.05, 4.69) is 31.2 Å². The Morgan fingerprint density at radius 3 is 1.22 bits per heavy atom. The molecule has 0 unspecified atom stereocenters. The van der Waals surface area contributed by atoms with Crippen LogP contribution in [0.1, 0.15) is 155 Å². The topological polar surface area (TPSA) is 26.3 Å². The van der Waals surface area contributed by atoms with Crippen molar-refractivity contribution in [2.75, 3.05) is 6.61 Å². The van der Waals surface area contributed by atoms with Crippen LogP contribution in [0.25, 0.3) is 0 Å². The van der Waals surface area contributed by atoms with E-state index in [-0.39, 0.29) is 5.97 Å². The summed E-state index contributed by atoms with van der Waals surface area (Å²) >= 11 is 0. The summed E-state index contributed by atoms with van der Waals surface area (Å²) in [7, 11) is 0. The standard InChI is InChI=1S/C30H56O2/c1-3-5-6-7-8-9-10-11-12-13-14-15-16-17-18-19-20-21-22-23-24-25-26-27-28-29-30(31)32-4-2/h11-12,20-21H,3-10,13-19,22-29H2,1-2H3. The first kappa shape index (κ1) is 30.9. The first-order valence-corrected chi connectivity index (χ1v) is 14.3. The van der Waals surface area contributed by atoms with Crippen LogP contribution in [-0.4, -0.2) is 12.6 Å². The average molecular weight is 449 g/mol. The van der Waals surface area contributed by atoms with Gasteiger partial charge in [0.25, 0.3) is 0 Å². The average Bonchev–Trinajstić information content (AvgIpc) is 2.79. The zero-order chi connectivity index (χ0) is 23.4. The number of esters is 1. The highest BCUT2D eigenvalue weighted by Gasteiger charge is 2.00. The second kappa shape index (κ2) is 28.0. The Balaban J connectivity index is 3.17. The highest BCUT2D eigenvalue weighted by Crippen LogP contribution is 2.12. The molecule has 0 atom stereocenters. The maximum Gasteiger partial charge on any atom is 0.305 e. The molecular formula is C30H56O2. The molecule has 2 heteroatoms. The predicted octanol–water partition coefficient (Wildman–Crippen LogP) is 10.3. The molecule has 0 heterocycles. The number of hydrogen-bond acceptors (Lipinski definition) is 2. The van der Waals surface area contributed by atoms with Gasteiger partial charge in [0.05, 0.1) is 6.61 Å². The van der Waals surface area contributed by atoms with Crippen molar-refractivity contribution >= 4 is 5.97 Å². The maximum absolute atomic E-state index is 11.2. The van der Waals surface area contributed by atoms with E-state index in [1.54, 1.807) is 0 Å². The predicted molar refractivity (Wildman–Crippen MR) is 142 cm³/mol. The Morgan fingerprint density at radius 1 is 0.500 bits per heavy atom. The van der Waals surface area contributed by atoms with Crippen LogP contribution in [0.15, 0.2) is 24.3 Å². The van der Waals surface area contributed by atoms with Gasteiger partial charge in [0.15, 0.2) is 0 Å². The number of ether oxygens (including phenoxy) is 1. The molecule has 0 N–H and O–H groups in total. The van der Waals surface area contributed by atoms with Crippen molar-refractivity contribution in [3.63, 3.8) is 0 Å². The molecule has 0 aliphatic heterocycles. The van der Waals surface area contributed by atoms with Gasteiger partial charge in [-0.2, -0.15) is 0 Å². The summed E-state index contributed by atoms with van der Waals surface area (Å²) in [4.78, 5) is 11.2. The Kier molecular flexibility index (Phi) is 27.1. The van der Waals surface area contributed by atoms with E-state index in [9.17, 15) is 4.79 Å². The molecule has 0 radical (unpaired) electrons. The second-order valence-electron chi connectivity index (χ2n) is 9.31. The van der Waals surface area contributed by atoms with Gasteiger partial charge in [-0.3, -0.25) is 4.79 Å². The molecule has 0 saturated heterocycles. The minimum absolute atomic E-state index is 0.0381. The number of rotatable bonds is 25. The lowest BCUT2D eigenvalue weighted by Crippen LogP contribution is -2.03. The van der Waals surface area contributed by atoms with Gasteiger partial charge in [0.2, 0.25) is 0 Å². The van der Waals surface area contributed by atoms with E-state index in [1.165, 1.54) is 122 Å². The highest BCUT2D eigenvalue weighted by molar-refractivity contribution is 5.69. The smallest absolute Gasteiger partial charge is 0.305 e. The first-order chi connectivity index (χ1) is 15.8. The van der Waals surface area contributed by atoms with Crippen LogP contribution >= 0.6 is 0 Å². The lowest BCUT2D eigenvalue weighted by molar-refractivity contribution is -0.143. The molecule has 0 aromatic heterocycles. The van der Waals surface area contributed by atoms with Crippen molar-refractivity contribution in [3.8, 4) is 0 Å². The fourth-order valence-electron chi connectivity index (χ4n) is 4.04. The number of hydrogen-bond donors (Lipinski definition) is 0. The van der Waals surface area contributed by atoms with E-state index < -0.39 is 0 Å². The molecule has 0 rings (SSSR count). The molecule has 0 fully saturated rings. The van der Waals surface area contributed by atoms with Gasteiger partial charge >= 0.3 is 5.97 Å². The van der Waals surface area contributed by atoms with Gasteiger partial charge in [-0.25, -0.2) is 0 Å². The molecular weight excluding hydrogens is 392 g/mol. The third-order valence-corrected chi connectivity index (χ3v) is 6.11. The van der Waals surface area contributed by atoms with Crippen LogP contribution in [-0.2, 0) is 9.53 Å². The molecule has 0 aromatic rings. The molecule has 32 heavy (non-hydrogen) atoms. The van der Waals surface area contributed by atoms with Crippen molar-refractivity contribution in [1.82, 2.24) is 0 Å². The first-order valence-electron chi connectivity index (χ1n) is 14.3. The summed E-state index contributed by atoms with van der Waals surface area (Å²) in [6.07, 6.45) is 37.9. The van der Waals surface area contributed by atoms with E-state index in [0.717, 1.165) is 12.8 Å². The van der Waals surface area contributed by atoms with Gasteiger partial charge in [-0.15, -0.1) is 0 Å². The maximum atomic E-state index is 11.2. The molecule has 0 spiro atoms. The SMILES string of the molecule is CCCCCCCCC=CCCCCCCCC=CCCCCCCCCC(=O)OCC. The van der Waals surface area contributed by atoms with Gasteiger partial charge in [0.1, 0.15) is 0 Å². The highest BCUT2D eigenvalue weighted by atomic mass is 16.5. The van der Waals surface area contributed by atoms with Crippen LogP contribution in [0.5, 0.6) is 0 Å². The van der Waals surface area contributed by atoms with E-state index in [1.807, 2.05) is 6.92 Å². The van der Waals surface area contributed by atoms with E-state index >= 15 is 0 Å². The third kappa shape index (κ3) is 27.0. The van der Waals surface area contributed by atoms with Crippen molar-refractivity contribution in [3.05, 3.63) is 24.3 Å². The van der Waals surface area contributed by atoms with Crippen LogP contribution < -0.4 is 0 Å². The molecule has 0 aliphatic rings. The summed E-state index contributed by atoms with van der Waals surface area (Å²) < 4.78 is 4.95. The normalized spacial score (nSPS) is 11.7. The van der Waals surface area contributed by atoms with Crippen molar-refractivity contribution in [2.45, 2.75) is 155 Å². The monoisotopic (exact) mass is 448 g/mol. The van der Waals surface area contributed by atoms with Crippen molar-refractivity contribution < 1.29 is 9.53 Å². The number of carbonyl (C=O) groups excluding carboxylic acids is 1. The quantitative estimate of drug-likeness (QED) is 0.0788. The fourth-order valence-corrected chi connectivity index (χ4v) is 4.04. The van der Waals surface area contributed by atoms with Gasteiger partial charge in [-0.1, -0.05) is 108 Å². The van der Waals surface area contributed by atoms with Crippen molar-refractivity contribution in [2.24, 2.45) is 0 Å². The van der Waals surface area contributed by atoms with Crippen LogP contribution in [0.3, 0.4) is 0 Å². The zero-order valence-corrected chi connectivity index (χ0v) is 21.9. The summed E-state index contributed by atoms with van der Waals surface area (Å²) in [5.41, 5.74) is 0. The number of allylic oxidation sites excluding steroid dienone is 4. The summed E-state index contributed by atoms with van der Waals surface area (Å²) in [5, 5.41) is 0. The van der Waals surface area contributed by atoms with Gasteiger partial charge in [-0.05, 0) is 64.7 Å². The van der Waals surface area contributed by atoms with Gasteiger partial charge < -0.3 is 4.74 Å². The molecule has 0 bridgehead atoms. The second-order valence-corrected chi connectivity index (χ2v) is 9.31. The largest absolute Gasteiger partial charge is 0.466 e. The van der Waals surface area contributed by atoms with E-state index in [0.29, 0.717) is 13.0 Å². The Hall–Kier alpha value is -1.05. The zero-order valence-electron chi connectivity index (χ0n) is 21.9. The molecule has 188 valence electrons. The molecule has 0 amide bonds. The molecule has 0 aromatic carbocycles. The van der Waals surface area contributed by atoms with E-state index in [4.69, 9.17) is 4.74 Å². The third-order valence-electron chi connectivity index (χ3n) is 6.11. The summed E-state index contributed by atoms with van der Waals surface area (Å²) in [5.74, 6) is -0.0381. The minimum Gasteiger partial charge on any atom is -0.466 e. The summed E-state index contributed by atoms with van der Waals surface area (Å²) in [6, 6.07) is 0. The Bertz CT molecular complexity index is 425. The van der Waals surface area contributed by atoms with Crippen LogP contribution in [0, 0.1) is 0 Å². The minimum atomic E-state index is -0.0381.